The molecule has 0 heterocycles. The summed E-state index contributed by atoms with van der Waals surface area (Å²) in [5, 5.41) is 22.0. The van der Waals surface area contributed by atoms with Crippen LogP contribution >= 0.6 is 11.6 Å². The van der Waals surface area contributed by atoms with E-state index in [1.54, 1.807) is 12.1 Å². The van der Waals surface area contributed by atoms with Gasteiger partial charge in [-0.05, 0) is 41.3 Å². The number of phenolic OH excluding ortho intramolecular Hbond substituents is 2. The summed E-state index contributed by atoms with van der Waals surface area (Å²) in [4.78, 5) is 12.2. The number of amides is 1. The van der Waals surface area contributed by atoms with Crippen LogP contribution in [0.1, 0.15) is 36.7 Å². The number of hydrogen-bond acceptors (Lipinski definition) is 3. The van der Waals surface area contributed by atoms with Crippen molar-refractivity contribution in [3.8, 4) is 11.5 Å². The van der Waals surface area contributed by atoms with Gasteiger partial charge in [0.15, 0.2) is 0 Å². The average molecular weight is 320 g/mol. The van der Waals surface area contributed by atoms with E-state index in [-0.39, 0.29) is 21.9 Å². The van der Waals surface area contributed by atoms with Crippen LogP contribution < -0.4 is 5.32 Å². The highest BCUT2D eigenvalue weighted by molar-refractivity contribution is 6.32. The largest absolute Gasteiger partial charge is 0.506 e. The van der Waals surface area contributed by atoms with Crippen LogP contribution in [-0.4, -0.2) is 16.1 Å². The van der Waals surface area contributed by atoms with Gasteiger partial charge in [-0.15, -0.1) is 0 Å². The van der Waals surface area contributed by atoms with Gasteiger partial charge in [-0.2, -0.15) is 0 Å². The fourth-order valence-electron chi connectivity index (χ4n) is 1.95. The SMILES string of the molecule is CC(C)(C)c1ccc(O)c(NC(=O)c2ccc(O)c(Cl)c2)c1. The first-order valence-corrected chi connectivity index (χ1v) is 7.19. The van der Waals surface area contributed by atoms with Gasteiger partial charge >= 0.3 is 0 Å². The van der Waals surface area contributed by atoms with Gasteiger partial charge in [-0.25, -0.2) is 0 Å². The number of rotatable bonds is 2. The number of carbonyl (C=O) groups is 1. The Hall–Kier alpha value is -2.20. The first-order valence-electron chi connectivity index (χ1n) is 6.82. The number of halogens is 1. The first kappa shape index (κ1) is 16.2. The molecule has 0 radical (unpaired) electrons. The minimum Gasteiger partial charge on any atom is -0.506 e. The lowest BCUT2D eigenvalue weighted by atomic mass is 9.87. The number of benzene rings is 2. The molecule has 2 aromatic rings. The second-order valence-corrected chi connectivity index (χ2v) is 6.51. The Labute approximate surface area is 134 Å². The van der Waals surface area contributed by atoms with E-state index in [0.29, 0.717) is 11.3 Å². The lowest BCUT2D eigenvalue weighted by Crippen LogP contribution is -2.15. The second-order valence-electron chi connectivity index (χ2n) is 6.10. The summed E-state index contributed by atoms with van der Waals surface area (Å²) in [6.45, 7) is 6.14. The van der Waals surface area contributed by atoms with E-state index < -0.39 is 5.91 Å². The van der Waals surface area contributed by atoms with Gasteiger partial charge in [0.25, 0.3) is 5.91 Å². The normalized spacial score (nSPS) is 11.3. The summed E-state index contributed by atoms with van der Waals surface area (Å²) >= 11 is 5.80. The van der Waals surface area contributed by atoms with E-state index in [1.807, 2.05) is 26.8 Å². The van der Waals surface area contributed by atoms with Crippen molar-refractivity contribution in [2.45, 2.75) is 26.2 Å². The van der Waals surface area contributed by atoms with Gasteiger partial charge in [0.2, 0.25) is 0 Å². The van der Waals surface area contributed by atoms with Crippen molar-refractivity contribution in [3.63, 3.8) is 0 Å². The van der Waals surface area contributed by atoms with Gasteiger partial charge in [-0.1, -0.05) is 38.4 Å². The van der Waals surface area contributed by atoms with Gasteiger partial charge in [0.05, 0.1) is 10.7 Å². The summed E-state index contributed by atoms with van der Waals surface area (Å²) in [7, 11) is 0. The monoisotopic (exact) mass is 319 g/mol. The maximum Gasteiger partial charge on any atom is 0.255 e. The number of nitrogens with one attached hydrogen (secondary N) is 1. The van der Waals surface area contributed by atoms with E-state index >= 15 is 0 Å². The highest BCUT2D eigenvalue weighted by atomic mass is 35.5. The van der Waals surface area contributed by atoms with Crippen LogP contribution in [0.3, 0.4) is 0 Å². The highest BCUT2D eigenvalue weighted by Crippen LogP contribution is 2.31. The summed E-state index contributed by atoms with van der Waals surface area (Å²) in [6, 6.07) is 9.30. The number of anilines is 1. The Kier molecular flexibility index (Phi) is 4.33. The zero-order valence-electron chi connectivity index (χ0n) is 12.6. The minimum absolute atomic E-state index is 0.00812. The molecular weight excluding hydrogens is 302 g/mol. The van der Waals surface area contributed by atoms with Gasteiger partial charge < -0.3 is 15.5 Å². The predicted molar refractivity (Wildman–Crippen MR) is 87.9 cm³/mol. The molecule has 2 rings (SSSR count). The quantitative estimate of drug-likeness (QED) is 0.723. The zero-order chi connectivity index (χ0) is 16.5. The van der Waals surface area contributed by atoms with Gasteiger partial charge in [0.1, 0.15) is 11.5 Å². The number of hydrogen-bond donors (Lipinski definition) is 3. The summed E-state index contributed by atoms with van der Waals surface area (Å²) in [6.07, 6.45) is 0. The zero-order valence-corrected chi connectivity index (χ0v) is 13.4. The molecule has 0 aliphatic rings. The van der Waals surface area contributed by atoms with E-state index in [1.165, 1.54) is 18.2 Å². The fraction of sp³-hybridized carbons (Fsp3) is 0.235. The van der Waals surface area contributed by atoms with Crippen LogP contribution in [0.2, 0.25) is 5.02 Å². The fourth-order valence-corrected chi connectivity index (χ4v) is 2.13. The molecule has 116 valence electrons. The molecule has 3 N–H and O–H groups in total. The van der Waals surface area contributed by atoms with Crippen LogP contribution in [0.5, 0.6) is 11.5 Å². The van der Waals surface area contributed by atoms with Crippen LogP contribution in [0.25, 0.3) is 0 Å². The summed E-state index contributed by atoms with van der Waals surface area (Å²) < 4.78 is 0. The smallest absolute Gasteiger partial charge is 0.255 e. The summed E-state index contributed by atoms with van der Waals surface area (Å²) in [5.41, 5.74) is 1.52. The van der Waals surface area contributed by atoms with E-state index in [4.69, 9.17) is 11.6 Å². The number of phenols is 2. The van der Waals surface area contributed by atoms with Crippen molar-refractivity contribution in [2.24, 2.45) is 0 Å². The Morgan fingerprint density at radius 2 is 1.68 bits per heavy atom. The number of aromatic hydroxyl groups is 2. The third-order valence-electron chi connectivity index (χ3n) is 3.32. The standard InChI is InChI=1S/C17H18ClNO3/c1-17(2,3)11-5-7-15(21)13(9-11)19-16(22)10-4-6-14(20)12(18)8-10/h4-9,20-21H,1-3H3,(H,19,22). The molecule has 2 aromatic carbocycles. The molecule has 1 amide bonds. The molecule has 0 spiro atoms. The topological polar surface area (TPSA) is 69.6 Å². The molecule has 0 aromatic heterocycles. The third-order valence-corrected chi connectivity index (χ3v) is 3.62. The molecule has 0 aliphatic heterocycles. The van der Waals surface area contributed by atoms with Crippen LogP contribution in [0.15, 0.2) is 36.4 Å². The molecule has 4 nitrogen and oxygen atoms in total. The Bertz CT molecular complexity index is 720. The van der Waals surface area contributed by atoms with Crippen LogP contribution in [0.4, 0.5) is 5.69 Å². The van der Waals surface area contributed by atoms with Crippen LogP contribution in [-0.2, 0) is 5.41 Å². The second kappa shape index (κ2) is 5.89. The Balaban J connectivity index is 2.29. The van der Waals surface area contributed by atoms with E-state index in [0.717, 1.165) is 5.56 Å². The Morgan fingerprint density at radius 3 is 2.27 bits per heavy atom. The summed E-state index contributed by atoms with van der Waals surface area (Å²) in [5.74, 6) is -0.509. The number of carbonyl (C=O) groups excluding carboxylic acids is 1. The van der Waals surface area contributed by atoms with Gasteiger partial charge in [0, 0.05) is 5.56 Å². The van der Waals surface area contributed by atoms with E-state index in [2.05, 4.69) is 5.32 Å². The molecular formula is C17H18ClNO3. The molecule has 22 heavy (non-hydrogen) atoms. The van der Waals surface area contributed by atoms with Crippen molar-refractivity contribution in [1.82, 2.24) is 0 Å². The molecule has 0 saturated heterocycles. The molecule has 0 aliphatic carbocycles. The van der Waals surface area contributed by atoms with Crippen LogP contribution in [0, 0.1) is 0 Å². The predicted octanol–water partition coefficient (Wildman–Crippen LogP) is 4.30. The molecule has 5 heteroatoms. The van der Waals surface area contributed by atoms with Crippen molar-refractivity contribution >= 4 is 23.2 Å². The average Bonchev–Trinajstić information content (AvgIpc) is 2.43. The molecule has 0 bridgehead atoms. The molecule has 0 atom stereocenters. The molecule has 0 unspecified atom stereocenters. The maximum absolute atomic E-state index is 12.2. The lowest BCUT2D eigenvalue weighted by molar-refractivity contribution is 0.102. The minimum atomic E-state index is -0.414. The maximum atomic E-state index is 12.2. The molecule has 0 saturated carbocycles. The van der Waals surface area contributed by atoms with Crippen molar-refractivity contribution in [2.75, 3.05) is 5.32 Å². The third kappa shape index (κ3) is 3.52. The van der Waals surface area contributed by atoms with Crippen molar-refractivity contribution in [3.05, 3.63) is 52.5 Å². The Morgan fingerprint density at radius 1 is 1.05 bits per heavy atom. The first-order chi connectivity index (χ1) is 10.2. The van der Waals surface area contributed by atoms with Crippen molar-refractivity contribution in [1.29, 1.82) is 0 Å². The molecule has 0 fully saturated rings. The van der Waals surface area contributed by atoms with Crippen molar-refractivity contribution < 1.29 is 15.0 Å². The van der Waals surface area contributed by atoms with Gasteiger partial charge in [-0.3, -0.25) is 4.79 Å². The highest BCUT2D eigenvalue weighted by Gasteiger charge is 2.17. The lowest BCUT2D eigenvalue weighted by Gasteiger charge is -2.20. The van der Waals surface area contributed by atoms with E-state index in [9.17, 15) is 15.0 Å².